The number of amides is 2. The molecule has 1 fully saturated rings. The fourth-order valence-corrected chi connectivity index (χ4v) is 2.47. The summed E-state index contributed by atoms with van der Waals surface area (Å²) in [7, 11) is 0. The summed E-state index contributed by atoms with van der Waals surface area (Å²) >= 11 is 0. The number of nitrogens with zero attached hydrogens (tertiary/aromatic N) is 1. The molecule has 23 heavy (non-hydrogen) atoms. The molecule has 0 radical (unpaired) electrons. The Bertz CT molecular complexity index is 600. The van der Waals surface area contributed by atoms with Gasteiger partial charge in [-0.2, -0.15) is 0 Å². The molecular formula is C15H18N2O6. The van der Waals surface area contributed by atoms with Crippen LogP contribution in [-0.4, -0.2) is 67.6 Å². The Kier molecular flexibility index (Phi) is 4.63. The van der Waals surface area contributed by atoms with Crippen LogP contribution in [0.3, 0.4) is 0 Å². The van der Waals surface area contributed by atoms with E-state index in [1.54, 1.807) is 23.1 Å². The van der Waals surface area contributed by atoms with Gasteiger partial charge in [0, 0.05) is 18.7 Å². The first kappa shape index (κ1) is 15.6. The predicted octanol–water partition coefficient (Wildman–Crippen LogP) is -0.635. The summed E-state index contributed by atoms with van der Waals surface area (Å²) < 4.78 is 15.6. The van der Waals surface area contributed by atoms with Crippen LogP contribution in [0.4, 0.5) is 0 Å². The van der Waals surface area contributed by atoms with Crippen molar-refractivity contribution in [1.82, 2.24) is 10.2 Å². The molecule has 2 aliphatic rings. The summed E-state index contributed by atoms with van der Waals surface area (Å²) in [5, 5.41) is 12.0. The van der Waals surface area contributed by atoms with Gasteiger partial charge in [0.15, 0.2) is 11.5 Å². The number of carbonyl (C=O) groups excluding carboxylic acids is 2. The number of ether oxygens (including phenoxy) is 3. The maximum absolute atomic E-state index is 12.3. The van der Waals surface area contributed by atoms with Gasteiger partial charge in [0.25, 0.3) is 5.91 Å². The Hall–Kier alpha value is -2.32. The fourth-order valence-electron chi connectivity index (χ4n) is 2.47. The van der Waals surface area contributed by atoms with E-state index in [1.165, 1.54) is 0 Å². The van der Waals surface area contributed by atoms with Crippen molar-refractivity contribution in [3.05, 3.63) is 23.8 Å². The molecule has 0 aromatic heterocycles. The van der Waals surface area contributed by atoms with Crippen molar-refractivity contribution in [2.24, 2.45) is 0 Å². The second-order valence-electron chi connectivity index (χ2n) is 5.21. The first-order valence-electron chi connectivity index (χ1n) is 7.37. The number of aliphatic hydroxyl groups is 1. The molecule has 2 amide bonds. The van der Waals surface area contributed by atoms with Crippen LogP contribution in [0.15, 0.2) is 18.2 Å². The Morgan fingerprint density at radius 3 is 2.70 bits per heavy atom. The van der Waals surface area contributed by atoms with Crippen LogP contribution in [-0.2, 0) is 9.53 Å². The summed E-state index contributed by atoms with van der Waals surface area (Å²) in [4.78, 5) is 26.2. The van der Waals surface area contributed by atoms with E-state index < -0.39 is 18.6 Å². The summed E-state index contributed by atoms with van der Waals surface area (Å²) in [6.07, 6.45) is 0. The lowest BCUT2D eigenvalue weighted by atomic mass is 10.1. The number of morpholine rings is 1. The van der Waals surface area contributed by atoms with Crippen LogP contribution in [0.25, 0.3) is 0 Å². The molecule has 1 saturated heterocycles. The lowest BCUT2D eigenvalue weighted by Crippen LogP contribution is -2.53. The highest BCUT2D eigenvalue weighted by Gasteiger charge is 2.27. The van der Waals surface area contributed by atoms with E-state index in [-0.39, 0.29) is 12.7 Å². The van der Waals surface area contributed by atoms with Crippen LogP contribution < -0.4 is 14.8 Å². The molecule has 3 rings (SSSR count). The third-order valence-corrected chi connectivity index (χ3v) is 3.74. The molecule has 2 N–H and O–H groups in total. The van der Waals surface area contributed by atoms with Crippen molar-refractivity contribution in [3.63, 3.8) is 0 Å². The molecule has 2 aliphatic heterocycles. The van der Waals surface area contributed by atoms with Gasteiger partial charge >= 0.3 is 0 Å². The van der Waals surface area contributed by atoms with Crippen LogP contribution >= 0.6 is 0 Å². The minimum absolute atomic E-state index is 0.120. The predicted molar refractivity (Wildman–Crippen MR) is 78.3 cm³/mol. The van der Waals surface area contributed by atoms with Crippen LogP contribution in [0.5, 0.6) is 11.5 Å². The number of rotatable bonds is 4. The van der Waals surface area contributed by atoms with Crippen LogP contribution in [0.2, 0.25) is 0 Å². The summed E-state index contributed by atoms with van der Waals surface area (Å²) in [5.74, 6) is 0.288. The van der Waals surface area contributed by atoms with Gasteiger partial charge in [-0.15, -0.1) is 0 Å². The number of hydrogen-bond acceptors (Lipinski definition) is 6. The van der Waals surface area contributed by atoms with Gasteiger partial charge in [0.1, 0.15) is 6.04 Å². The summed E-state index contributed by atoms with van der Waals surface area (Å²) in [6.45, 7) is 1.48. The number of hydrogen-bond donors (Lipinski definition) is 2. The van der Waals surface area contributed by atoms with Gasteiger partial charge in [-0.05, 0) is 18.2 Å². The van der Waals surface area contributed by atoms with Crippen molar-refractivity contribution in [2.75, 3.05) is 39.7 Å². The molecule has 1 aromatic carbocycles. The number of benzene rings is 1. The molecule has 0 saturated carbocycles. The van der Waals surface area contributed by atoms with Crippen molar-refractivity contribution in [3.8, 4) is 11.5 Å². The summed E-state index contributed by atoms with van der Waals surface area (Å²) in [6, 6.07) is 3.78. The second-order valence-corrected chi connectivity index (χ2v) is 5.21. The molecule has 1 atom stereocenters. The second kappa shape index (κ2) is 6.84. The van der Waals surface area contributed by atoms with E-state index in [2.05, 4.69) is 5.32 Å². The standard InChI is InChI=1S/C15H18N2O6/c18-8-11(15(20)17-3-5-21-6-4-17)16-14(19)10-1-2-12-13(7-10)23-9-22-12/h1-2,7,11,18H,3-6,8-9H2,(H,16,19). The number of aliphatic hydroxyl groups excluding tert-OH is 1. The average molecular weight is 322 g/mol. The average Bonchev–Trinajstić information content (AvgIpc) is 3.07. The lowest BCUT2D eigenvalue weighted by Gasteiger charge is -2.30. The molecule has 2 heterocycles. The van der Waals surface area contributed by atoms with Crippen LogP contribution in [0.1, 0.15) is 10.4 Å². The maximum Gasteiger partial charge on any atom is 0.252 e. The Morgan fingerprint density at radius 2 is 1.96 bits per heavy atom. The van der Waals surface area contributed by atoms with E-state index in [4.69, 9.17) is 14.2 Å². The smallest absolute Gasteiger partial charge is 0.252 e. The highest BCUT2D eigenvalue weighted by molar-refractivity contribution is 5.98. The molecule has 0 bridgehead atoms. The number of carbonyl (C=O) groups is 2. The molecule has 1 unspecified atom stereocenters. The fraction of sp³-hybridized carbons (Fsp3) is 0.467. The number of fused-ring (bicyclic) bond motifs is 1. The molecule has 0 spiro atoms. The number of nitrogens with one attached hydrogen (secondary N) is 1. The van der Waals surface area contributed by atoms with E-state index >= 15 is 0 Å². The highest BCUT2D eigenvalue weighted by Crippen LogP contribution is 2.32. The molecule has 1 aromatic rings. The van der Waals surface area contributed by atoms with Gasteiger partial charge in [-0.25, -0.2) is 0 Å². The van der Waals surface area contributed by atoms with Crippen molar-refractivity contribution in [2.45, 2.75) is 6.04 Å². The first-order valence-corrected chi connectivity index (χ1v) is 7.37. The maximum atomic E-state index is 12.3. The quantitative estimate of drug-likeness (QED) is 0.766. The Balaban J connectivity index is 1.66. The largest absolute Gasteiger partial charge is 0.454 e. The zero-order chi connectivity index (χ0) is 16.2. The third kappa shape index (κ3) is 3.38. The minimum Gasteiger partial charge on any atom is -0.454 e. The molecule has 8 heteroatoms. The zero-order valence-corrected chi connectivity index (χ0v) is 12.5. The summed E-state index contributed by atoms with van der Waals surface area (Å²) in [5.41, 5.74) is 0.336. The SMILES string of the molecule is O=C(NC(CO)C(=O)N1CCOCC1)c1ccc2c(c1)OCO2. The zero-order valence-electron chi connectivity index (χ0n) is 12.5. The van der Waals surface area contributed by atoms with Gasteiger partial charge in [-0.3, -0.25) is 9.59 Å². The molecule has 8 nitrogen and oxygen atoms in total. The Morgan fingerprint density at radius 1 is 1.22 bits per heavy atom. The van der Waals surface area contributed by atoms with E-state index in [1.807, 2.05) is 0 Å². The minimum atomic E-state index is -0.981. The normalized spacial score (nSPS) is 17.7. The lowest BCUT2D eigenvalue weighted by molar-refractivity contribution is -0.138. The van der Waals surface area contributed by atoms with Crippen molar-refractivity contribution < 1.29 is 28.9 Å². The highest BCUT2D eigenvalue weighted by atomic mass is 16.7. The van der Waals surface area contributed by atoms with E-state index in [0.717, 1.165) is 0 Å². The van der Waals surface area contributed by atoms with Crippen LogP contribution in [0, 0.1) is 0 Å². The topological polar surface area (TPSA) is 97.3 Å². The third-order valence-electron chi connectivity index (χ3n) is 3.74. The van der Waals surface area contributed by atoms with Gasteiger partial charge < -0.3 is 29.5 Å². The van der Waals surface area contributed by atoms with Gasteiger partial charge in [0.2, 0.25) is 12.7 Å². The molecular weight excluding hydrogens is 304 g/mol. The van der Waals surface area contributed by atoms with Gasteiger partial charge in [-0.1, -0.05) is 0 Å². The monoisotopic (exact) mass is 322 g/mol. The first-order chi connectivity index (χ1) is 11.2. The Labute approximate surface area is 132 Å². The van der Waals surface area contributed by atoms with Gasteiger partial charge in [0.05, 0.1) is 19.8 Å². The van der Waals surface area contributed by atoms with Crippen molar-refractivity contribution >= 4 is 11.8 Å². The van der Waals surface area contributed by atoms with E-state index in [9.17, 15) is 14.7 Å². The molecule has 0 aliphatic carbocycles. The molecule has 124 valence electrons. The van der Waals surface area contributed by atoms with Crippen molar-refractivity contribution in [1.29, 1.82) is 0 Å². The van der Waals surface area contributed by atoms with E-state index in [0.29, 0.717) is 43.4 Å².